The van der Waals surface area contributed by atoms with E-state index in [2.05, 4.69) is 10.6 Å². The first-order chi connectivity index (χ1) is 19.2. The second-order valence-electron chi connectivity index (χ2n) is 9.47. The Hall–Kier alpha value is -3.63. The number of thiophene rings is 1. The Balaban J connectivity index is 1.50. The van der Waals surface area contributed by atoms with Crippen molar-refractivity contribution in [3.05, 3.63) is 75.7 Å². The first-order valence-corrected chi connectivity index (χ1v) is 14.9. The highest BCUT2D eigenvalue weighted by molar-refractivity contribution is 8.00. The number of benzene rings is 2. The Morgan fingerprint density at radius 3 is 2.55 bits per heavy atom. The van der Waals surface area contributed by atoms with Crippen LogP contribution in [-0.2, 0) is 27.3 Å². The largest absolute Gasteiger partial charge is 0.462 e. The molecule has 0 bridgehead atoms. The lowest BCUT2D eigenvalue weighted by Crippen LogP contribution is -2.34. The van der Waals surface area contributed by atoms with E-state index in [0.29, 0.717) is 47.7 Å². The fourth-order valence-corrected chi connectivity index (χ4v) is 6.76. The SMILES string of the molecule is CCOC(=O)c1c(NC(=O)C(CC)Sc2cccc(NC(=O)c3cccc(C)c3)c2)sc2c1CCN(C(C)=O)C2. The summed E-state index contributed by atoms with van der Waals surface area (Å²) in [6.07, 6.45) is 1.08. The molecule has 0 aliphatic carbocycles. The predicted molar refractivity (Wildman–Crippen MR) is 159 cm³/mol. The molecule has 2 N–H and O–H groups in total. The van der Waals surface area contributed by atoms with E-state index in [1.54, 1.807) is 17.9 Å². The summed E-state index contributed by atoms with van der Waals surface area (Å²) < 4.78 is 5.31. The van der Waals surface area contributed by atoms with Crippen molar-refractivity contribution >= 4 is 57.5 Å². The number of nitrogens with one attached hydrogen (secondary N) is 2. The monoisotopic (exact) mass is 579 g/mol. The summed E-state index contributed by atoms with van der Waals surface area (Å²) in [5, 5.41) is 5.92. The molecule has 3 aromatic rings. The minimum atomic E-state index is -0.468. The molecule has 8 nitrogen and oxygen atoms in total. The van der Waals surface area contributed by atoms with E-state index in [4.69, 9.17) is 4.74 Å². The van der Waals surface area contributed by atoms with Crippen LogP contribution >= 0.6 is 23.1 Å². The lowest BCUT2D eigenvalue weighted by molar-refractivity contribution is -0.129. The van der Waals surface area contributed by atoms with Crippen molar-refractivity contribution in [1.82, 2.24) is 4.90 Å². The molecule has 0 radical (unpaired) electrons. The van der Waals surface area contributed by atoms with E-state index in [1.165, 1.54) is 30.0 Å². The van der Waals surface area contributed by atoms with Crippen LogP contribution in [0.4, 0.5) is 10.7 Å². The quantitative estimate of drug-likeness (QED) is 0.242. The smallest absolute Gasteiger partial charge is 0.341 e. The molecule has 1 aliphatic heterocycles. The summed E-state index contributed by atoms with van der Waals surface area (Å²) in [5.74, 6) is -0.923. The van der Waals surface area contributed by atoms with Crippen molar-refractivity contribution in [3.63, 3.8) is 0 Å². The van der Waals surface area contributed by atoms with Crippen LogP contribution in [0, 0.1) is 6.92 Å². The Kier molecular flexibility index (Phi) is 9.65. The van der Waals surface area contributed by atoms with Crippen LogP contribution in [0.5, 0.6) is 0 Å². The number of hydrogen-bond donors (Lipinski definition) is 2. The van der Waals surface area contributed by atoms with Crippen molar-refractivity contribution in [3.8, 4) is 0 Å². The van der Waals surface area contributed by atoms with Crippen molar-refractivity contribution in [2.24, 2.45) is 0 Å². The molecule has 1 atom stereocenters. The molecular formula is C30H33N3O5S2. The van der Waals surface area contributed by atoms with Gasteiger partial charge in [-0.25, -0.2) is 4.79 Å². The molecule has 2 heterocycles. The highest BCUT2D eigenvalue weighted by Gasteiger charge is 2.31. The molecule has 3 amide bonds. The summed E-state index contributed by atoms with van der Waals surface area (Å²) in [7, 11) is 0. The summed E-state index contributed by atoms with van der Waals surface area (Å²) in [5.41, 5.74) is 3.44. The van der Waals surface area contributed by atoms with Crippen LogP contribution < -0.4 is 10.6 Å². The number of carbonyl (C=O) groups excluding carboxylic acids is 4. The number of ether oxygens (including phenoxy) is 1. The van der Waals surface area contributed by atoms with Gasteiger partial charge in [0.05, 0.1) is 24.0 Å². The number of amides is 3. The van der Waals surface area contributed by atoms with E-state index in [1.807, 2.05) is 56.3 Å². The number of anilines is 2. The van der Waals surface area contributed by atoms with E-state index < -0.39 is 11.2 Å². The number of fused-ring (bicyclic) bond motifs is 1. The zero-order chi connectivity index (χ0) is 28.8. The first-order valence-electron chi connectivity index (χ1n) is 13.2. The van der Waals surface area contributed by atoms with Gasteiger partial charge in [0, 0.05) is 34.5 Å². The Morgan fingerprint density at radius 2 is 1.85 bits per heavy atom. The number of esters is 1. The predicted octanol–water partition coefficient (Wildman–Crippen LogP) is 5.90. The van der Waals surface area contributed by atoms with E-state index in [9.17, 15) is 19.2 Å². The third-order valence-corrected chi connectivity index (χ3v) is 9.02. The van der Waals surface area contributed by atoms with Crippen LogP contribution in [0.3, 0.4) is 0 Å². The van der Waals surface area contributed by atoms with Gasteiger partial charge in [0.1, 0.15) is 5.00 Å². The maximum Gasteiger partial charge on any atom is 0.341 e. The Labute approximate surface area is 242 Å². The number of nitrogens with zero attached hydrogens (tertiary/aromatic N) is 1. The average molecular weight is 580 g/mol. The third-order valence-electron chi connectivity index (χ3n) is 6.53. The van der Waals surface area contributed by atoms with Gasteiger partial charge in [-0.3, -0.25) is 14.4 Å². The highest BCUT2D eigenvalue weighted by atomic mass is 32.2. The van der Waals surface area contributed by atoms with Gasteiger partial charge in [-0.1, -0.05) is 30.7 Å². The lowest BCUT2D eigenvalue weighted by atomic mass is 10.0. The molecule has 1 unspecified atom stereocenters. The van der Waals surface area contributed by atoms with E-state index in [-0.39, 0.29) is 24.3 Å². The standard InChI is InChI=1S/C30H33N3O5S2/c1-5-24(39-22-12-8-11-21(16-22)31-27(35)20-10-7-9-18(3)15-20)28(36)32-29-26(30(37)38-6-2)23-13-14-33(19(4)34)17-25(23)40-29/h7-12,15-16,24H,5-6,13-14,17H2,1-4H3,(H,31,35)(H,32,36). The number of aryl methyl sites for hydroxylation is 1. The first kappa shape index (κ1) is 29.4. The fraction of sp³-hybridized carbons (Fsp3) is 0.333. The summed E-state index contributed by atoms with van der Waals surface area (Å²) >= 11 is 2.72. The normalized spacial score (nSPS) is 13.2. The van der Waals surface area contributed by atoms with Crippen LogP contribution in [0.2, 0.25) is 0 Å². The van der Waals surface area contributed by atoms with Crippen LogP contribution in [-0.4, -0.2) is 47.0 Å². The van der Waals surface area contributed by atoms with Gasteiger partial charge < -0.3 is 20.3 Å². The van der Waals surface area contributed by atoms with Gasteiger partial charge in [0.15, 0.2) is 0 Å². The third kappa shape index (κ3) is 6.92. The van der Waals surface area contributed by atoms with Gasteiger partial charge >= 0.3 is 5.97 Å². The molecule has 1 aromatic heterocycles. The van der Waals surface area contributed by atoms with Gasteiger partial charge in [-0.2, -0.15) is 0 Å². The van der Waals surface area contributed by atoms with Gasteiger partial charge in [-0.05, 0) is 62.6 Å². The van der Waals surface area contributed by atoms with Crippen molar-refractivity contribution in [2.45, 2.75) is 57.2 Å². The molecule has 0 fully saturated rings. The zero-order valence-corrected chi connectivity index (χ0v) is 24.7. The minimum Gasteiger partial charge on any atom is -0.462 e. The van der Waals surface area contributed by atoms with E-state index in [0.717, 1.165) is 20.9 Å². The maximum atomic E-state index is 13.4. The van der Waals surface area contributed by atoms with Gasteiger partial charge in [0.25, 0.3) is 5.91 Å². The summed E-state index contributed by atoms with van der Waals surface area (Å²) in [6, 6.07) is 14.8. The minimum absolute atomic E-state index is 0.0259. The Morgan fingerprint density at radius 1 is 1.07 bits per heavy atom. The van der Waals surface area contributed by atoms with Gasteiger partial charge in [-0.15, -0.1) is 23.1 Å². The topological polar surface area (TPSA) is 105 Å². The second-order valence-corrected chi connectivity index (χ2v) is 11.9. The fourth-order valence-electron chi connectivity index (χ4n) is 4.50. The molecule has 2 aromatic carbocycles. The second kappa shape index (κ2) is 13.1. The number of carbonyl (C=O) groups is 4. The molecule has 210 valence electrons. The molecule has 0 saturated heterocycles. The van der Waals surface area contributed by atoms with Crippen molar-refractivity contribution < 1.29 is 23.9 Å². The molecule has 0 saturated carbocycles. The zero-order valence-electron chi connectivity index (χ0n) is 23.0. The molecular weight excluding hydrogens is 546 g/mol. The van der Waals surface area contributed by atoms with Crippen molar-refractivity contribution in [1.29, 1.82) is 0 Å². The summed E-state index contributed by atoms with van der Waals surface area (Å²) in [6.45, 7) is 8.28. The molecule has 0 spiro atoms. The number of thioether (sulfide) groups is 1. The number of rotatable bonds is 9. The molecule has 1 aliphatic rings. The Bertz CT molecular complexity index is 1430. The van der Waals surface area contributed by atoms with Crippen molar-refractivity contribution in [2.75, 3.05) is 23.8 Å². The van der Waals surface area contributed by atoms with Crippen LogP contribution in [0.15, 0.2) is 53.4 Å². The lowest BCUT2D eigenvalue weighted by Gasteiger charge is -2.25. The maximum absolute atomic E-state index is 13.4. The average Bonchev–Trinajstić information content (AvgIpc) is 3.29. The highest BCUT2D eigenvalue weighted by Crippen LogP contribution is 2.38. The molecule has 10 heteroatoms. The van der Waals surface area contributed by atoms with E-state index >= 15 is 0 Å². The van der Waals surface area contributed by atoms with Crippen LogP contribution in [0.25, 0.3) is 0 Å². The molecule has 4 rings (SSSR count). The number of hydrogen-bond acceptors (Lipinski definition) is 7. The summed E-state index contributed by atoms with van der Waals surface area (Å²) in [4.78, 5) is 54.4. The van der Waals surface area contributed by atoms with Crippen LogP contribution in [0.1, 0.15) is 63.9 Å². The van der Waals surface area contributed by atoms with Gasteiger partial charge in [0.2, 0.25) is 11.8 Å². The molecule has 40 heavy (non-hydrogen) atoms.